The topological polar surface area (TPSA) is 51.2 Å². The summed E-state index contributed by atoms with van der Waals surface area (Å²) in [6.07, 6.45) is -0.864. The number of halogens is 3. The molecule has 0 aliphatic carbocycles. The largest absolute Gasteiger partial charge is 0.281 e. The summed E-state index contributed by atoms with van der Waals surface area (Å²) in [6.45, 7) is 0. The Bertz CT molecular complexity index is 238. The minimum Gasteiger partial charge on any atom is -0.281 e. The van der Waals surface area contributed by atoms with E-state index in [2.05, 4.69) is 12.6 Å². The summed E-state index contributed by atoms with van der Waals surface area (Å²) in [5.41, 5.74) is 0. The third-order valence-corrected chi connectivity index (χ3v) is 2.51. The van der Waals surface area contributed by atoms with Gasteiger partial charge in [0.15, 0.2) is 0 Å². The van der Waals surface area contributed by atoms with Crippen molar-refractivity contribution in [1.82, 2.24) is 0 Å². The zero-order chi connectivity index (χ0) is 10.6. The maximum atomic E-state index is 10.8. The van der Waals surface area contributed by atoms with E-state index in [9.17, 15) is 14.4 Å². The highest BCUT2D eigenvalue weighted by Crippen LogP contribution is 2.28. The van der Waals surface area contributed by atoms with Crippen molar-refractivity contribution < 1.29 is 14.4 Å². The second-order valence-electron chi connectivity index (χ2n) is 2.37. The summed E-state index contributed by atoms with van der Waals surface area (Å²) in [5, 5.41) is -2.54. The van der Waals surface area contributed by atoms with E-state index in [0.717, 1.165) is 0 Å². The van der Waals surface area contributed by atoms with Crippen LogP contribution >= 0.6 is 47.4 Å². The molecular formula is C6H5Cl3O3S. The summed E-state index contributed by atoms with van der Waals surface area (Å²) in [7, 11) is 0. The first-order valence-electron chi connectivity index (χ1n) is 3.07. The molecule has 0 saturated heterocycles. The van der Waals surface area contributed by atoms with Crippen LogP contribution in [-0.4, -0.2) is 20.5 Å². The van der Waals surface area contributed by atoms with Gasteiger partial charge in [-0.2, -0.15) is 12.6 Å². The molecule has 0 aliphatic heterocycles. The van der Waals surface area contributed by atoms with E-state index in [-0.39, 0.29) is 0 Å². The number of hydrogen-bond donors (Lipinski definition) is 1. The van der Waals surface area contributed by atoms with Crippen LogP contribution in [0.1, 0.15) is 12.8 Å². The van der Waals surface area contributed by atoms with Crippen LogP contribution in [0.3, 0.4) is 0 Å². The number of hydrogen-bond acceptors (Lipinski definition) is 4. The van der Waals surface area contributed by atoms with Crippen LogP contribution in [-0.2, 0) is 14.4 Å². The quantitative estimate of drug-likeness (QED) is 0.607. The molecule has 0 saturated carbocycles. The Labute approximate surface area is 95.1 Å². The third-order valence-electron chi connectivity index (χ3n) is 1.23. The molecule has 0 radical (unpaired) electrons. The molecule has 13 heavy (non-hydrogen) atoms. The van der Waals surface area contributed by atoms with E-state index in [1.807, 2.05) is 0 Å². The fourth-order valence-corrected chi connectivity index (χ4v) is 1.72. The van der Waals surface area contributed by atoms with Gasteiger partial charge in [0.25, 0.3) is 0 Å². The molecule has 0 unspecified atom stereocenters. The van der Waals surface area contributed by atoms with Crippen molar-refractivity contribution in [2.75, 3.05) is 0 Å². The fraction of sp³-hybridized carbons (Fsp3) is 0.500. The highest BCUT2D eigenvalue weighted by Gasteiger charge is 2.37. The van der Waals surface area contributed by atoms with Crippen LogP contribution in [0.4, 0.5) is 0 Å². The van der Waals surface area contributed by atoms with Crippen molar-refractivity contribution in [3.05, 3.63) is 0 Å². The van der Waals surface area contributed by atoms with E-state index < -0.39 is 33.3 Å². The van der Waals surface area contributed by atoms with Gasteiger partial charge in [-0.3, -0.25) is 14.4 Å². The minimum absolute atomic E-state index is 0.432. The first-order valence-corrected chi connectivity index (χ1v) is 4.65. The van der Waals surface area contributed by atoms with Gasteiger partial charge in [-0.25, -0.2) is 0 Å². The molecule has 74 valence electrons. The van der Waals surface area contributed by atoms with Crippen molar-refractivity contribution in [2.45, 2.75) is 17.6 Å². The maximum absolute atomic E-state index is 10.8. The van der Waals surface area contributed by atoms with Crippen molar-refractivity contribution in [3.8, 4) is 0 Å². The average Bonchev–Trinajstić information content (AvgIpc) is 1.82. The molecule has 7 heteroatoms. The van der Waals surface area contributed by atoms with Gasteiger partial charge >= 0.3 is 0 Å². The summed E-state index contributed by atoms with van der Waals surface area (Å²) in [5.74, 6) is 0. The first-order chi connectivity index (χ1) is 5.78. The van der Waals surface area contributed by atoms with Gasteiger partial charge in [0.05, 0.1) is 0 Å². The first kappa shape index (κ1) is 13.2. The van der Waals surface area contributed by atoms with E-state index in [0.29, 0.717) is 0 Å². The molecule has 0 rings (SSSR count). The summed E-state index contributed by atoms with van der Waals surface area (Å²) < 4.78 is -1.60. The van der Waals surface area contributed by atoms with Gasteiger partial charge in [-0.05, 0) is 34.8 Å². The molecule has 0 amide bonds. The molecule has 0 aliphatic rings. The van der Waals surface area contributed by atoms with Crippen LogP contribution in [0.25, 0.3) is 0 Å². The lowest BCUT2D eigenvalue weighted by molar-refractivity contribution is -0.121. The molecule has 3 nitrogen and oxygen atoms in total. The van der Waals surface area contributed by atoms with Gasteiger partial charge in [-0.1, -0.05) is 0 Å². The van der Waals surface area contributed by atoms with E-state index in [4.69, 9.17) is 34.8 Å². The molecule has 0 aromatic heterocycles. The Morgan fingerprint density at radius 2 is 1.31 bits per heavy atom. The lowest BCUT2D eigenvalue weighted by Crippen LogP contribution is -2.33. The van der Waals surface area contributed by atoms with Crippen LogP contribution in [0, 0.1) is 0 Å². The van der Waals surface area contributed by atoms with Crippen LogP contribution in [0.5, 0.6) is 0 Å². The van der Waals surface area contributed by atoms with Crippen molar-refractivity contribution in [3.63, 3.8) is 0 Å². The Morgan fingerprint density at radius 1 is 1.00 bits per heavy atom. The zero-order valence-corrected chi connectivity index (χ0v) is 9.38. The highest BCUT2D eigenvalue weighted by atomic mass is 35.5. The van der Waals surface area contributed by atoms with Crippen molar-refractivity contribution in [2.24, 2.45) is 0 Å². The van der Waals surface area contributed by atoms with E-state index in [1.54, 1.807) is 0 Å². The Hall–Kier alpha value is 0.230. The zero-order valence-electron chi connectivity index (χ0n) is 6.22. The van der Waals surface area contributed by atoms with Crippen LogP contribution in [0.2, 0.25) is 0 Å². The standard InChI is InChI=1S/C6H5Cl3O3S/c7-3(10)1-6(13,5(9)12)2-4(8)11/h13H,1-2H2. The van der Waals surface area contributed by atoms with Crippen molar-refractivity contribution >= 4 is 63.2 Å². The molecule has 0 heterocycles. The van der Waals surface area contributed by atoms with Gasteiger partial charge in [0.2, 0.25) is 15.7 Å². The number of thiol groups is 1. The average molecular weight is 264 g/mol. The maximum Gasteiger partial charge on any atom is 0.238 e. The molecule has 0 aromatic carbocycles. The molecule has 0 aromatic rings. The molecule has 0 atom stereocenters. The molecule has 0 bridgehead atoms. The highest BCUT2D eigenvalue weighted by molar-refractivity contribution is 7.83. The van der Waals surface area contributed by atoms with Crippen LogP contribution < -0.4 is 0 Å². The summed E-state index contributed by atoms with van der Waals surface area (Å²) >= 11 is 19.0. The number of carbonyl (C=O) groups excluding carboxylic acids is 3. The second-order valence-corrected chi connectivity index (χ2v) is 4.41. The van der Waals surface area contributed by atoms with Gasteiger partial charge < -0.3 is 0 Å². The van der Waals surface area contributed by atoms with Gasteiger partial charge in [-0.15, -0.1) is 0 Å². The monoisotopic (exact) mass is 262 g/mol. The number of rotatable bonds is 5. The Balaban J connectivity index is 4.62. The van der Waals surface area contributed by atoms with Gasteiger partial charge in [0, 0.05) is 12.8 Å². The molecular weight excluding hydrogens is 258 g/mol. The van der Waals surface area contributed by atoms with Crippen molar-refractivity contribution in [1.29, 1.82) is 0 Å². The third kappa shape index (κ3) is 4.86. The molecule has 0 N–H and O–H groups in total. The Kier molecular flexibility index (Phi) is 5.29. The predicted octanol–water partition coefficient (Wildman–Crippen LogP) is 1.73. The summed E-state index contributed by atoms with van der Waals surface area (Å²) in [6, 6.07) is 0. The van der Waals surface area contributed by atoms with E-state index in [1.165, 1.54) is 0 Å². The van der Waals surface area contributed by atoms with Crippen LogP contribution in [0.15, 0.2) is 0 Å². The lowest BCUT2D eigenvalue weighted by atomic mass is 10.0. The fourth-order valence-electron chi connectivity index (χ4n) is 0.661. The van der Waals surface area contributed by atoms with E-state index >= 15 is 0 Å². The smallest absolute Gasteiger partial charge is 0.238 e. The number of carbonyl (C=O) groups is 3. The second kappa shape index (κ2) is 5.20. The summed E-state index contributed by atoms with van der Waals surface area (Å²) in [4.78, 5) is 31.8. The van der Waals surface area contributed by atoms with Gasteiger partial charge in [0.1, 0.15) is 4.75 Å². The SMILES string of the molecule is O=C(Cl)CC(S)(CC(=O)Cl)C(=O)Cl. The predicted molar refractivity (Wildman–Crippen MR) is 53.5 cm³/mol. The minimum atomic E-state index is -1.60. The normalized spacial score (nSPS) is 11.1. The molecule has 0 fully saturated rings. The lowest BCUT2D eigenvalue weighted by Gasteiger charge is -2.19. The molecule has 0 spiro atoms. The Morgan fingerprint density at radius 3 is 1.46 bits per heavy atom.